The third kappa shape index (κ3) is 4.15. The van der Waals surface area contributed by atoms with Crippen LogP contribution in [0.4, 0.5) is 0 Å². The highest BCUT2D eigenvalue weighted by Crippen LogP contribution is 2.26. The van der Waals surface area contributed by atoms with E-state index in [1.165, 1.54) is 0 Å². The van der Waals surface area contributed by atoms with E-state index in [1.807, 2.05) is 30.3 Å². The maximum Gasteiger partial charge on any atom is 0.300 e. The molecule has 142 valence electrons. The first kappa shape index (κ1) is 18.6. The molecule has 0 atom stereocenters. The molecule has 1 amide bonds. The van der Waals surface area contributed by atoms with Gasteiger partial charge in [0.25, 0.3) is 5.97 Å². The number of rotatable bonds is 4. The van der Waals surface area contributed by atoms with Gasteiger partial charge >= 0.3 is 0 Å². The minimum atomic E-state index is -0.833. The van der Waals surface area contributed by atoms with Gasteiger partial charge in [0.15, 0.2) is 17.5 Å². The Morgan fingerprint density at radius 2 is 1.96 bits per heavy atom. The molecule has 0 fully saturated rings. The normalized spacial score (nSPS) is 10.3. The van der Waals surface area contributed by atoms with Gasteiger partial charge < -0.3 is 10.8 Å². The summed E-state index contributed by atoms with van der Waals surface area (Å²) in [4.78, 5) is 29.0. The fraction of sp³-hybridized carbons (Fsp3) is 0.118. The lowest BCUT2D eigenvalue weighted by molar-refractivity contribution is -0.134. The summed E-state index contributed by atoms with van der Waals surface area (Å²) >= 11 is 0. The molecular weight excluding hydrogens is 364 g/mol. The number of pyridine rings is 1. The number of benzene rings is 1. The van der Waals surface area contributed by atoms with Crippen LogP contribution in [-0.2, 0) is 16.0 Å². The summed E-state index contributed by atoms with van der Waals surface area (Å²) in [5.74, 6) is 0.0867. The van der Waals surface area contributed by atoms with Crippen molar-refractivity contribution in [3.8, 4) is 17.2 Å². The number of nitrogens with one attached hydrogen (secondary N) is 1. The second kappa shape index (κ2) is 8.03. The van der Waals surface area contributed by atoms with E-state index in [1.54, 1.807) is 16.9 Å². The number of carboxylic acids is 1. The highest BCUT2D eigenvalue weighted by Gasteiger charge is 2.18. The molecule has 4 aromatic rings. The maximum absolute atomic E-state index is 11.2. The number of primary amides is 1. The second-order valence-corrected chi connectivity index (χ2v) is 5.61. The molecule has 0 unspecified atom stereocenters. The Balaban J connectivity index is 0.000000516. The number of nitrogens with two attached hydrogens (primary N) is 1. The van der Waals surface area contributed by atoms with Crippen molar-refractivity contribution in [2.24, 2.45) is 5.73 Å². The van der Waals surface area contributed by atoms with E-state index < -0.39 is 11.9 Å². The van der Waals surface area contributed by atoms with Crippen molar-refractivity contribution in [1.29, 1.82) is 0 Å². The van der Waals surface area contributed by atoms with Gasteiger partial charge in [0, 0.05) is 18.7 Å². The van der Waals surface area contributed by atoms with Crippen molar-refractivity contribution in [1.82, 2.24) is 35.2 Å². The van der Waals surface area contributed by atoms with Crippen LogP contribution in [0.25, 0.3) is 28.2 Å². The molecule has 28 heavy (non-hydrogen) atoms. The zero-order valence-electron chi connectivity index (χ0n) is 14.8. The van der Waals surface area contributed by atoms with E-state index in [0.717, 1.165) is 12.5 Å². The maximum atomic E-state index is 11.2. The van der Waals surface area contributed by atoms with Gasteiger partial charge in [-0.25, -0.2) is 9.97 Å². The molecule has 1 aromatic carbocycles. The van der Waals surface area contributed by atoms with Gasteiger partial charge in [-0.2, -0.15) is 20.1 Å². The molecule has 11 heteroatoms. The molecule has 4 N–H and O–H groups in total. The van der Waals surface area contributed by atoms with Gasteiger partial charge in [-0.3, -0.25) is 9.59 Å². The zero-order valence-corrected chi connectivity index (χ0v) is 14.8. The summed E-state index contributed by atoms with van der Waals surface area (Å²) in [7, 11) is 0. The molecule has 0 radical (unpaired) electrons. The van der Waals surface area contributed by atoms with Crippen LogP contribution in [0.2, 0.25) is 0 Å². The van der Waals surface area contributed by atoms with E-state index in [2.05, 4.69) is 30.5 Å². The predicted molar refractivity (Wildman–Crippen MR) is 98.2 cm³/mol. The molecule has 0 aliphatic heterocycles. The molecule has 3 heterocycles. The Bertz CT molecular complexity index is 1120. The molecule has 0 saturated heterocycles. The second-order valence-electron chi connectivity index (χ2n) is 5.61. The fourth-order valence-corrected chi connectivity index (χ4v) is 2.45. The molecule has 0 aliphatic carbocycles. The minimum absolute atomic E-state index is 0.0539. The van der Waals surface area contributed by atoms with Crippen LogP contribution >= 0.6 is 0 Å². The number of carboxylic acid groups (broad SMARTS) is 1. The lowest BCUT2D eigenvalue weighted by Crippen LogP contribution is -2.14. The topological polar surface area (TPSA) is 166 Å². The van der Waals surface area contributed by atoms with Crippen molar-refractivity contribution >= 4 is 22.9 Å². The molecule has 3 aromatic heterocycles. The van der Waals surface area contributed by atoms with Gasteiger partial charge in [-0.05, 0) is 24.3 Å². The number of nitrogens with zero attached hydrogens (tertiary/aromatic N) is 6. The number of para-hydroxylation sites is 1. The van der Waals surface area contributed by atoms with Crippen LogP contribution in [-0.4, -0.2) is 52.1 Å². The number of carbonyl (C=O) groups excluding carboxylic acids is 1. The molecule has 0 spiro atoms. The number of amides is 1. The Hall–Kier alpha value is -4.15. The Morgan fingerprint density at radius 3 is 2.64 bits per heavy atom. The lowest BCUT2D eigenvalue weighted by atomic mass is 10.1. The van der Waals surface area contributed by atoms with Crippen LogP contribution in [0.1, 0.15) is 12.7 Å². The number of aromatic nitrogens is 7. The Labute approximate surface area is 158 Å². The summed E-state index contributed by atoms with van der Waals surface area (Å²) in [6.45, 7) is 1.08. The average molecular weight is 380 g/mol. The van der Waals surface area contributed by atoms with Gasteiger partial charge in [-0.1, -0.05) is 12.1 Å². The first-order valence-corrected chi connectivity index (χ1v) is 8.10. The average Bonchev–Trinajstić information content (AvgIpc) is 3.28. The van der Waals surface area contributed by atoms with Gasteiger partial charge in [0.2, 0.25) is 5.91 Å². The van der Waals surface area contributed by atoms with Crippen molar-refractivity contribution in [3.05, 3.63) is 48.4 Å². The summed E-state index contributed by atoms with van der Waals surface area (Å²) in [6, 6.07) is 11.0. The smallest absolute Gasteiger partial charge is 0.300 e. The van der Waals surface area contributed by atoms with E-state index in [-0.39, 0.29) is 6.42 Å². The Kier molecular flexibility index (Phi) is 5.35. The minimum Gasteiger partial charge on any atom is -0.481 e. The fourth-order valence-electron chi connectivity index (χ4n) is 2.45. The van der Waals surface area contributed by atoms with Crippen LogP contribution in [0, 0.1) is 0 Å². The SMILES string of the molecule is CC(=O)O.NC(=O)Cc1nc(-c2cccc3n[nH]nc23)n(-c2ccccn2)n1. The molecular formula is C17H16N8O3. The standard InChI is InChI=1S/C15H12N8O.C2H4O2/c16-11(24)8-12-18-15(23(21-12)13-6-1-2-7-17-13)9-4-3-5-10-14(9)20-22-19-10;1-2(3)4/h1-7H,8H2,(H2,16,24)(H,19,20,22);1H3,(H,3,4). The third-order valence-electron chi connectivity index (χ3n) is 3.44. The van der Waals surface area contributed by atoms with Crippen molar-refractivity contribution < 1.29 is 14.7 Å². The van der Waals surface area contributed by atoms with Crippen LogP contribution in [0.5, 0.6) is 0 Å². The van der Waals surface area contributed by atoms with E-state index in [0.29, 0.717) is 28.5 Å². The first-order chi connectivity index (χ1) is 13.5. The monoisotopic (exact) mass is 380 g/mol. The van der Waals surface area contributed by atoms with Gasteiger partial charge in [0.1, 0.15) is 11.0 Å². The Morgan fingerprint density at radius 1 is 1.18 bits per heavy atom. The number of hydrogen-bond donors (Lipinski definition) is 3. The number of aromatic amines is 1. The van der Waals surface area contributed by atoms with Gasteiger partial charge in [-0.15, -0.1) is 5.10 Å². The zero-order chi connectivity index (χ0) is 20.1. The molecule has 0 saturated carbocycles. The molecule has 4 rings (SSSR count). The molecule has 11 nitrogen and oxygen atoms in total. The highest BCUT2D eigenvalue weighted by atomic mass is 16.4. The van der Waals surface area contributed by atoms with E-state index in [9.17, 15) is 4.79 Å². The van der Waals surface area contributed by atoms with Crippen LogP contribution in [0.3, 0.4) is 0 Å². The first-order valence-electron chi connectivity index (χ1n) is 8.10. The van der Waals surface area contributed by atoms with Crippen molar-refractivity contribution in [2.75, 3.05) is 0 Å². The number of H-pyrrole nitrogens is 1. The number of aliphatic carboxylic acids is 1. The predicted octanol–water partition coefficient (Wildman–Crippen LogP) is 0.719. The van der Waals surface area contributed by atoms with E-state index in [4.69, 9.17) is 15.6 Å². The van der Waals surface area contributed by atoms with Crippen LogP contribution < -0.4 is 5.73 Å². The van der Waals surface area contributed by atoms with Gasteiger partial charge in [0.05, 0.1) is 6.42 Å². The molecule has 0 bridgehead atoms. The summed E-state index contributed by atoms with van der Waals surface area (Å²) in [6.07, 6.45) is 1.60. The lowest BCUT2D eigenvalue weighted by Gasteiger charge is -2.04. The quantitative estimate of drug-likeness (QED) is 0.466. The largest absolute Gasteiger partial charge is 0.481 e. The summed E-state index contributed by atoms with van der Waals surface area (Å²) in [5.41, 5.74) is 7.36. The number of hydrogen-bond acceptors (Lipinski definition) is 7. The van der Waals surface area contributed by atoms with E-state index >= 15 is 0 Å². The summed E-state index contributed by atoms with van der Waals surface area (Å²) < 4.78 is 1.57. The molecule has 0 aliphatic rings. The third-order valence-corrected chi connectivity index (χ3v) is 3.44. The van der Waals surface area contributed by atoms with Crippen molar-refractivity contribution in [3.63, 3.8) is 0 Å². The van der Waals surface area contributed by atoms with Crippen molar-refractivity contribution in [2.45, 2.75) is 13.3 Å². The number of fused-ring (bicyclic) bond motifs is 1. The number of carbonyl (C=O) groups is 2. The summed E-state index contributed by atoms with van der Waals surface area (Å²) in [5, 5.41) is 22.6. The van der Waals surface area contributed by atoms with Crippen LogP contribution in [0.15, 0.2) is 42.6 Å². The highest BCUT2D eigenvalue weighted by molar-refractivity contribution is 5.89.